The van der Waals surface area contributed by atoms with E-state index in [-0.39, 0.29) is 21.9 Å². The topological polar surface area (TPSA) is 76.1 Å². The van der Waals surface area contributed by atoms with Crippen molar-refractivity contribution in [1.29, 1.82) is 0 Å². The maximum absolute atomic E-state index is 13.5. The van der Waals surface area contributed by atoms with E-state index >= 15 is 0 Å². The second-order valence-corrected chi connectivity index (χ2v) is 9.47. The van der Waals surface area contributed by atoms with Crippen molar-refractivity contribution in [2.45, 2.75) is 19.9 Å². The molecule has 1 N–H and O–H groups in total. The number of aryl methyl sites for hydroxylation is 1. The van der Waals surface area contributed by atoms with Crippen molar-refractivity contribution in [3.05, 3.63) is 124 Å². The maximum Gasteiger partial charge on any atom is 0.300 e. The molecule has 0 saturated carbocycles. The number of hydrogen-bond donors (Lipinski definition) is 1. The highest BCUT2D eigenvalue weighted by Gasteiger charge is 2.47. The summed E-state index contributed by atoms with van der Waals surface area (Å²) in [5.74, 6) is -0.312. The zero-order chi connectivity index (χ0) is 27.5. The highest BCUT2D eigenvalue weighted by molar-refractivity contribution is 6.52. The second kappa shape index (κ2) is 11.1. The van der Waals surface area contributed by atoms with Crippen molar-refractivity contribution in [3.8, 4) is 17.2 Å². The normalized spacial score (nSPS) is 16.4. The summed E-state index contributed by atoms with van der Waals surface area (Å²) in [4.78, 5) is 28.4. The highest BCUT2D eigenvalue weighted by atomic mass is 35.5. The van der Waals surface area contributed by atoms with Gasteiger partial charge in [-0.3, -0.25) is 14.5 Å². The largest absolute Gasteiger partial charge is 0.507 e. The number of benzene rings is 4. The number of ketones is 1. The number of aliphatic hydroxyl groups is 1. The van der Waals surface area contributed by atoms with Crippen LogP contribution in [-0.4, -0.2) is 23.4 Å². The molecule has 0 radical (unpaired) electrons. The molecule has 0 aliphatic carbocycles. The van der Waals surface area contributed by atoms with E-state index in [0.29, 0.717) is 35.1 Å². The Bertz CT molecular complexity index is 1560. The molecule has 1 atom stereocenters. The first kappa shape index (κ1) is 26.1. The fraction of sp³-hybridized carbons (Fsp3) is 0.125. The second-order valence-electron chi connectivity index (χ2n) is 9.07. The molecule has 39 heavy (non-hydrogen) atoms. The third kappa shape index (κ3) is 5.24. The lowest BCUT2D eigenvalue weighted by Gasteiger charge is -2.26. The maximum atomic E-state index is 13.5. The number of Topliss-reactive ketones (excluding diaryl/α,β-unsaturated/α-hetero) is 1. The number of halogens is 1. The molecular weight excluding hydrogens is 514 g/mol. The predicted molar refractivity (Wildman–Crippen MR) is 152 cm³/mol. The predicted octanol–water partition coefficient (Wildman–Crippen LogP) is 7.47. The first-order valence-corrected chi connectivity index (χ1v) is 12.9. The van der Waals surface area contributed by atoms with Gasteiger partial charge >= 0.3 is 0 Å². The number of amides is 1. The molecule has 6 nitrogen and oxygen atoms in total. The lowest BCUT2D eigenvalue weighted by atomic mass is 9.94. The van der Waals surface area contributed by atoms with E-state index in [1.807, 2.05) is 56.3 Å². The fourth-order valence-electron chi connectivity index (χ4n) is 4.58. The van der Waals surface area contributed by atoms with Crippen molar-refractivity contribution < 1.29 is 24.2 Å². The molecule has 1 amide bonds. The van der Waals surface area contributed by atoms with Crippen molar-refractivity contribution in [2.75, 3.05) is 11.5 Å². The SMILES string of the molecule is CCOc1ccc(Cl)c(/C(O)=C2\C(=O)C(=O)N(c3ccc(C)cc3)C2c2cccc(Oc3ccccc3)c2)c1. The fourth-order valence-corrected chi connectivity index (χ4v) is 4.79. The van der Waals surface area contributed by atoms with Crippen LogP contribution in [0.3, 0.4) is 0 Å². The zero-order valence-electron chi connectivity index (χ0n) is 21.4. The van der Waals surface area contributed by atoms with Gasteiger partial charge in [0.15, 0.2) is 0 Å². The lowest BCUT2D eigenvalue weighted by Crippen LogP contribution is -2.29. The number of carbonyl (C=O) groups excluding carboxylic acids is 2. The average molecular weight is 540 g/mol. The quantitative estimate of drug-likeness (QED) is 0.150. The van der Waals surface area contributed by atoms with Crippen LogP contribution >= 0.6 is 11.6 Å². The van der Waals surface area contributed by atoms with Gasteiger partial charge in [0.05, 0.1) is 23.2 Å². The number of nitrogens with zero attached hydrogens (tertiary/aromatic N) is 1. The van der Waals surface area contributed by atoms with Gasteiger partial charge < -0.3 is 14.6 Å². The Morgan fingerprint density at radius 1 is 0.872 bits per heavy atom. The molecule has 1 fully saturated rings. The number of aliphatic hydroxyl groups excluding tert-OH is 1. The van der Waals surface area contributed by atoms with Crippen molar-refractivity contribution in [1.82, 2.24) is 0 Å². The zero-order valence-corrected chi connectivity index (χ0v) is 22.2. The lowest BCUT2D eigenvalue weighted by molar-refractivity contribution is -0.132. The molecule has 4 aromatic rings. The summed E-state index contributed by atoms with van der Waals surface area (Å²) >= 11 is 6.45. The minimum absolute atomic E-state index is 0.0759. The van der Waals surface area contributed by atoms with Crippen molar-refractivity contribution >= 4 is 34.7 Å². The van der Waals surface area contributed by atoms with E-state index in [0.717, 1.165) is 5.56 Å². The summed E-state index contributed by atoms with van der Waals surface area (Å²) < 4.78 is 11.6. The van der Waals surface area contributed by atoms with Gasteiger partial charge in [-0.15, -0.1) is 0 Å². The van der Waals surface area contributed by atoms with Gasteiger partial charge in [-0.2, -0.15) is 0 Å². The van der Waals surface area contributed by atoms with Crippen LogP contribution < -0.4 is 14.4 Å². The van der Waals surface area contributed by atoms with E-state index in [2.05, 4.69) is 0 Å². The Morgan fingerprint density at radius 3 is 2.31 bits per heavy atom. The molecular formula is C32H26ClNO5. The first-order chi connectivity index (χ1) is 18.9. The monoisotopic (exact) mass is 539 g/mol. The molecule has 0 spiro atoms. The van der Waals surface area contributed by atoms with E-state index in [4.69, 9.17) is 21.1 Å². The van der Waals surface area contributed by atoms with Gasteiger partial charge in [-0.05, 0) is 74.0 Å². The number of carbonyl (C=O) groups is 2. The average Bonchev–Trinajstić information content (AvgIpc) is 3.21. The molecule has 1 heterocycles. The minimum atomic E-state index is -0.932. The van der Waals surface area contributed by atoms with Crippen LogP contribution in [0, 0.1) is 6.92 Å². The highest BCUT2D eigenvalue weighted by Crippen LogP contribution is 2.44. The van der Waals surface area contributed by atoms with Crippen LogP contribution in [0.1, 0.15) is 29.7 Å². The van der Waals surface area contributed by atoms with E-state index in [1.165, 1.54) is 4.90 Å². The Balaban J connectivity index is 1.68. The number of ether oxygens (including phenoxy) is 2. The van der Waals surface area contributed by atoms with Crippen LogP contribution in [0.2, 0.25) is 5.02 Å². The molecule has 1 unspecified atom stereocenters. The van der Waals surface area contributed by atoms with Gasteiger partial charge in [0, 0.05) is 11.3 Å². The Kier molecular flexibility index (Phi) is 7.39. The Morgan fingerprint density at radius 2 is 1.59 bits per heavy atom. The van der Waals surface area contributed by atoms with Crippen LogP contribution in [0.15, 0.2) is 103 Å². The van der Waals surface area contributed by atoms with E-state index < -0.39 is 17.7 Å². The summed E-state index contributed by atoms with van der Waals surface area (Å²) in [7, 11) is 0. The first-order valence-electron chi connectivity index (χ1n) is 12.5. The summed E-state index contributed by atoms with van der Waals surface area (Å²) in [5, 5.41) is 11.8. The number of rotatable bonds is 7. The minimum Gasteiger partial charge on any atom is -0.507 e. The van der Waals surface area contributed by atoms with Gasteiger partial charge in [0.1, 0.15) is 23.0 Å². The van der Waals surface area contributed by atoms with Crippen LogP contribution in [0.4, 0.5) is 5.69 Å². The van der Waals surface area contributed by atoms with Crippen LogP contribution in [-0.2, 0) is 9.59 Å². The van der Waals surface area contributed by atoms with E-state index in [1.54, 1.807) is 54.6 Å². The van der Waals surface area contributed by atoms with Crippen LogP contribution in [0.5, 0.6) is 17.2 Å². The van der Waals surface area contributed by atoms with Crippen molar-refractivity contribution in [2.24, 2.45) is 0 Å². The third-order valence-electron chi connectivity index (χ3n) is 6.41. The number of hydrogen-bond acceptors (Lipinski definition) is 5. The molecule has 1 saturated heterocycles. The summed E-state index contributed by atoms with van der Waals surface area (Å²) in [5.41, 5.74) is 2.24. The molecule has 1 aliphatic rings. The molecule has 7 heteroatoms. The molecule has 4 aromatic carbocycles. The molecule has 5 rings (SSSR count). The van der Waals surface area contributed by atoms with Gasteiger partial charge in [-0.1, -0.05) is 59.6 Å². The number of anilines is 1. The van der Waals surface area contributed by atoms with E-state index in [9.17, 15) is 14.7 Å². The van der Waals surface area contributed by atoms with Gasteiger partial charge in [0.25, 0.3) is 11.7 Å². The van der Waals surface area contributed by atoms with Gasteiger partial charge in [0.2, 0.25) is 0 Å². The molecule has 0 aromatic heterocycles. The smallest absolute Gasteiger partial charge is 0.300 e. The molecule has 1 aliphatic heterocycles. The van der Waals surface area contributed by atoms with Gasteiger partial charge in [-0.25, -0.2) is 0 Å². The van der Waals surface area contributed by atoms with Crippen LogP contribution in [0.25, 0.3) is 5.76 Å². The summed E-state index contributed by atoms with van der Waals surface area (Å²) in [6.07, 6.45) is 0. The Hall–Kier alpha value is -4.55. The molecule has 0 bridgehead atoms. The molecule has 196 valence electrons. The Labute approximate surface area is 231 Å². The summed E-state index contributed by atoms with van der Waals surface area (Å²) in [6.45, 7) is 4.19. The van der Waals surface area contributed by atoms with Crippen molar-refractivity contribution in [3.63, 3.8) is 0 Å². The third-order valence-corrected chi connectivity index (χ3v) is 6.74. The number of para-hydroxylation sites is 1. The standard InChI is InChI=1S/C32H26ClNO5/c1-3-38-24-16-17-27(33)26(19-24)30(35)28-29(34(32(37)31(28)36)22-14-12-20(2)13-15-22)21-8-7-11-25(18-21)39-23-9-5-4-6-10-23/h4-19,29,35H,3H2,1-2H3/b30-28+. The summed E-state index contributed by atoms with van der Waals surface area (Å²) in [6, 6.07) is 27.6.